The van der Waals surface area contributed by atoms with Gasteiger partial charge in [0.2, 0.25) is 11.8 Å². The predicted molar refractivity (Wildman–Crippen MR) is 60.3 cm³/mol. The van der Waals surface area contributed by atoms with E-state index in [0.717, 1.165) is 6.42 Å². The molecule has 0 aromatic carbocycles. The van der Waals surface area contributed by atoms with Crippen molar-refractivity contribution in [3.8, 4) is 0 Å². The van der Waals surface area contributed by atoms with E-state index in [2.05, 4.69) is 10.6 Å². The molecule has 0 spiro atoms. The lowest BCUT2D eigenvalue weighted by Crippen LogP contribution is -2.39. The molecule has 1 atom stereocenters. The van der Waals surface area contributed by atoms with Gasteiger partial charge in [0.1, 0.15) is 6.04 Å². The smallest absolute Gasteiger partial charge is 0.303 e. The highest BCUT2D eigenvalue weighted by Crippen LogP contribution is 2.05. The lowest BCUT2D eigenvalue weighted by molar-refractivity contribution is -0.137. The number of carbonyl (C=O) groups is 3. The van der Waals surface area contributed by atoms with E-state index in [9.17, 15) is 14.4 Å². The Bertz CT molecular complexity index is 304. The fourth-order valence-electron chi connectivity index (χ4n) is 1.74. The summed E-state index contributed by atoms with van der Waals surface area (Å²) in [4.78, 5) is 32.8. The van der Waals surface area contributed by atoms with Crippen LogP contribution >= 0.6 is 0 Å². The molecular formula is C11H18N2O4. The van der Waals surface area contributed by atoms with Gasteiger partial charge in [0, 0.05) is 19.4 Å². The molecule has 1 saturated heterocycles. The zero-order chi connectivity index (χ0) is 12.7. The van der Waals surface area contributed by atoms with E-state index in [1.54, 1.807) is 0 Å². The molecule has 0 radical (unpaired) electrons. The van der Waals surface area contributed by atoms with Crippen molar-refractivity contribution in [1.29, 1.82) is 0 Å². The summed E-state index contributed by atoms with van der Waals surface area (Å²) in [6, 6.07) is -0.387. The SMILES string of the molecule is O=C(O)CCCCCC(=O)N[C@H]1CCNC1=O. The van der Waals surface area contributed by atoms with E-state index in [0.29, 0.717) is 32.2 Å². The third-order valence-electron chi connectivity index (χ3n) is 2.68. The molecule has 0 unspecified atom stereocenters. The molecule has 1 rings (SSSR count). The van der Waals surface area contributed by atoms with Crippen LogP contribution in [0.5, 0.6) is 0 Å². The Hall–Kier alpha value is -1.59. The van der Waals surface area contributed by atoms with Gasteiger partial charge in [0.05, 0.1) is 0 Å². The van der Waals surface area contributed by atoms with Crippen LogP contribution in [-0.2, 0) is 14.4 Å². The van der Waals surface area contributed by atoms with Gasteiger partial charge in [-0.1, -0.05) is 6.42 Å². The van der Waals surface area contributed by atoms with Crippen LogP contribution < -0.4 is 10.6 Å². The molecule has 3 N–H and O–H groups in total. The van der Waals surface area contributed by atoms with E-state index < -0.39 is 5.97 Å². The van der Waals surface area contributed by atoms with E-state index in [-0.39, 0.29) is 24.3 Å². The molecule has 6 nitrogen and oxygen atoms in total. The van der Waals surface area contributed by atoms with Crippen molar-refractivity contribution in [2.24, 2.45) is 0 Å². The first-order valence-corrected chi connectivity index (χ1v) is 5.88. The number of carboxylic acid groups (broad SMARTS) is 1. The Morgan fingerprint density at radius 1 is 1.29 bits per heavy atom. The summed E-state index contributed by atoms with van der Waals surface area (Å²) in [6.45, 7) is 0.613. The topological polar surface area (TPSA) is 95.5 Å². The second kappa shape index (κ2) is 6.88. The molecule has 0 aromatic rings. The maximum Gasteiger partial charge on any atom is 0.303 e. The Balaban J connectivity index is 2.05. The summed E-state index contributed by atoms with van der Waals surface area (Å²) in [6.07, 6.45) is 3.11. The lowest BCUT2D eigenvalue weighted by atomic mass is 10.1. The summed E-state index contributed by atoms with van der Waals surface area (Å²) < 4.78 is 0. The van der Waals surface area contributed by atoms with Crippen LogP contribution in [-0.4, -0.2) is 35.5 Å². The number of hydrogen-bond acceptors (Lipinski definition) is 3. The predicted octanol–water partition coefficient (Wildman–Crippen LogP) is 0.0262. The molecule has 0 aromatic heterocycles. The van der Waals surface area contributed by atoms with Crippen molar-refractivity contribution in [1.82, 2.24) is 10.6 Å². The van der Waals surface area contributed by atoms with Gasteiger partial charge in [-0.05, 0) is 19.3 Å². The molecule has 1 heterocycles. The number of carboxylic acids is 1. The van der Waals surface area contributed by atoms with Crippen molar-refractivity contribution in [2.45, 2.75) is 44.6 Å². The van der Waals surface area contributed by atoms with Crippen LogP contribution in [0.25, 0.3) is 0 Å². The summed E-state index contributed by atoms with van der Waals surface area (Å²) >= 11 is 0. The number of carbonyl (C=O) groups excluding carboxylic acids is 2. The Morgan fingerprint density at radius 3 is 2.59 bits per heavy atom. The summed E-state index contributed by atoms with van der Waals surface area (Å²) in [5, 5.41) is 13.7. The van der Waals surface area contributed by atoms with Crippen molar-refractivity contribution in [2.75, 3.05) is 6.54 Å². The van der Waals surface area contributed by atoms with Crippen LogP contribution in [0, 0.1) is 0 Å². The highest BCUT2D eigenvalue weighted by Gasteiger charge is 2.24. The molecule has 1 aliphatic heterocycles. The minimum Gasteiger partial charge on any atom is -0.481 e. The summed E-state index contributed by atoms with van der Waals surface area (Å²) in [5.41, 5.74) is 0. The zero-order valence-corrected chi connectivity index (χ0v) is 9.70. The van der Waals surface area contributed by atoms with Gasteiger partial charge in [0.25, 0.3) is 0 Å². The molecule has 0 aliphatic carbocycles. The van der Waals surface area contributed by atoms with Crippen molar-refractivity contribution in [3.05, 3.63) is 0 Å². The molecule has 96 valence electrons. The zero-order valence-electron chi connectivity index (χ0n) is 9.70. The largest absolute Gasteiger partial charge is 0.481 e. The van der Waals surface area contributed by atoms with Crippen LogP contribution in [0.1, 0.15) is 38.5 Å². The van der Waals surface area contributed by atoms with Crippen LogP contribution in [0.4, 0.5) is 0 Å². The maximum atomic E-state index is 11.4. The summed E-state index contributed by atoms with van der Waals surface area (Å²) in [7, 11) is 0. The number of unbranched alkanes of at least 4 members (excludes halogenated alkanes) is 2. The Kier molecular flexibility index (Phi) is 5.45. The quantitative estimate of drug-likeness (QED) is 0.549. The van der Waals surface area contributed by atoms with Gasteiger partial charge in [-0.2, -0.15) is 0 Å². The minimum absolute atomic E-state index is 0.121. The Labute approximate surface area is 99.8 Å². The first kappa shape index (κ1) is 13.5. The molecule has 2 amide bonds. The molecule has 1 fully saturated rings. The van der Waals surface area contributed by atoms with E-state index >= 15 is 0 Å². The standard InChI is InChI=1S/C11H18N2O4/c14-9(4-2-1-3-5-10(15)16)13-8-6-7-12-11(8)17/h8H,1-7H2,(H,12,17)(H,13,14)(H,15,16)/t8-/m0/s1. The number of amides is 2. The van der Waals surface area contributed by atoms with Crippen molar-refractivity contribution in [3.63, 3.8) is 0 Å². The van der Waals surface area contributed by atoms with Crippen molar-refractivity contribution < 1.29 is 19.5 Å². The van der Waals surface area contributed by atoms with Gasteiger partial charge in [0.15, 0.2) is 0 Å². The molecule has 0 bridgehead atoms. The first-order valence-electron chi connectivity index (χ1n) is 5.88. The van der Waals surface area contributed by atoms with Crippen LogP contribution in [0.15, 0.2) is 0 Å². The third-order valence-corrected chi connectivity index (χ3v) is 2.68. The van der Waals surface area contributed by atoms with E-state index in [1.165, 1.54) is 0 Å². The fraction of sp³-hybridized carbons (Fsp3) is 0.727. The molecular weight excluding hydrogens is 224 g/mol. The van der Waals surface area contributed by atoms with Gasteiger partial charge in [-0.15, -0.1) is 0 Å². The highest BCUT2D eigenvalue weighted by atomic mass is 16.4. The number of aliphatic carboxylic acids is 1. The van der Waals surface area contributed by atoms with Gasteiger partial charge in [-0.3, -0.25) is 14.4 Å². The molecule has 6 heteroatoms. The van der Waals surface area contributed by atoms with Crippen LogP contribution in [0.3, 0.4) is 0 Å². The summed E-state index contributed by atoms with van der Waals surface area (Å²) in [5.74, 6) is -1.07. The molecule has 0 saturated carbocycles. The fourth-order valence-corrected chi connectivity index (χ4v) is 1.74. The average Bonchev–Trinajstić information content (AvgIpc) is 2.63. The normalized spacial score (nSPS) is 18.8. The van der Waals surface area contributed by atoms with Crippen LogP contribution in [0.2, 0.25) is 0 Å². The van der Waals surface area contributed by atoms with E-state index in [4.69, 9.17) is 5.11 Å². The first-order chi connectivity index (χ1) is 8.09. The van der Waals surface area contributed by atoms with Gasteiger partial charge < -0.3 is 15.7 Å². The number of nitrogens with one attached hydrogen (secondary N) is 2. The highest BCUT2D eigenvalue weighted by molar-refractivity contribution is 5.88. The number of hydrogen-bond donors (Lipinski definition) is 3. The molecule has 17 heavy (non-hydrogen) atoms. The minimum atomic E-state index is -0.808. The van der Waals surface area contributed by atoms with Gasteiger partial charge in [-0.25, -0.2) is 0 Å². The maximum absolute atomic E-state index is 11.4. The number of rotatable bonds is 7. The second-order valence-corrected chi connectivity index (χ2v) is 4.15. The molecule has 1 aliphatic rings. The third kappa shape index (κ3) is 5.33. The Morgan fingerprint density at radius 2 is 2.00 bits per heavy atom. The average molecular weight is 242 g/mol. The van der Waals surface area contributed by atoms with Crippen molar-refractivity contribution >= 4 is 17.8 Å². The second-order valence-electron chi connectivity index (χ2n) is 4.15. The monoisotopic (exact) mass is 242 g/mol. The van der Waals surface area contributed by atoms with Gasteiger partial charge >= 0.3 is 5.97 Å². The van der Waals surface area contributed by atoms with E-state index in [1.807, 2.05) is 0 Å². The lowest BCUT2D eigenvalue weighted by Gasteiger charge is -2.09.